The van der Waals surface area contributed by atoms with Gasteiger partial charge in [-0.1, -0.05) is 12.1 Å². The van der Waals surface area contributed by atoms with Gasteiger partial charge < -0.3 is 25.2 Å². The van der Waals surface area contributed by atoms with Gasteiger partial charge in [0.05, 0.1) is 19.8 Å². The Kier molecular flexibility index (Phi) is 9.11. The molecule has 1 unspecified atom stereocenters. The van der Waals surface area contributed by atoms with E-state index >= 15 is 0 Å². The van der Waals surface area contributed by atoms with Crippen molar-refractivity contribution in [3.8, 4) is 0 Å². The highest BCUT2D eigenvalue weighted by atomic mass is 127. The maximum Gasteiger partial charge on any atom is 0.254 e. The number of halogens is 1. The lowest BCUT2D eigenvalue weighted by molar-refractivity contribution is -0.123. The smallest absolute Gasteiger partial charge is 0.254 e. The summed E-state index contributed by atoms with van der Waals surface area (Å²) in [6, 6.07) is 8.14. The van der Waals surface area contributed by atoms with Crippen molar-refractivity contribution in [2.45, 2.75) is 19.0 Å². The molecule has 176 valence electrons. The summed E-state index contributed by atoms with van der Waals surface area (Å²) >= 11 is 0. The SMILES string of the molecule is CN=C(NCc1ccc(C(=O)N2CCNC(=O)C2)cc1)N1CCC(N2CCOCC2)C1.I. The lowest BCUT2D eigenvalue weighted by Gasteiger charge is -2.32. The van der Waals surface area contributed by atoms with Crippen LogP contribution < -0.4 is 10.6 Å². The average molecular weight is 556 g/mol. The molecule has 1 atom stereocenters. The van der Waals surface area contributed by atoms with Gasteiger partial charge in [-0.05, 0) is 24.1 Å². The maximum atomic E-state index is 12.6. The van der Waals surface area contributed by atoms with Gasteiger partial charge in [0.15, 0.2) is 5.96 Å². The summed E-state index contributed by atoms with van der Waals surface area (Å²) in [5.41, 5.74) is 1.69. The highest BCUT2D eigenvalue weighted by molar-refractivity contribution is 14.0. The number of rotatable bonds is 4. The third kappa shape index (κ3) is 6.10. The first kappa shape index (κ1) is 24.7. The average Bonchev–Trinajstić information content (AvgIpc) is 3.30. The third-order valence-corrected chi connectivity index (χ3v) is 6.21. The van der Waals surface area contributed by atoms with Crippen LogP contribution in [0.15, 0.2) is 29.3 Å². The zero-order valence-corrected chi connectivity index (χ0v) is 20.9. The number of nitrogens with one attached hydrogen (secondary N) is 2. The molecule has 0 radical (unpaired) electrons. The van der Waals surface area contributed by atoms with Gasteiger partial charge in [0, 0.05) is 64.5 Å². The van der Waals surface area contributed by atoms with Crippen LogP contribution in [0.5, 0.6) is 0 Å². The molecule has 0 spiro atoms. The summed E-state index contributed by atoms with van der Waals surface area (Å²) in [4.78, 5) is 35.0. The van der Waals surface area contributed by atoms with Crippen molar-refractivity contribution in [1.29, 1.82) is 0 Å². The van der Waals surface area contributed by atoms with E-state index in [1.165, 1.54) is 0 Å². The minimum Gasteiger partial charge on any atom is -0.379 e. The monoisotopic (exact) mass is 556 g/mol. The normalized spacial score (nSPS) is 22.3. The van der Waals surface area contributed by atoms with Crippen LogP contribution in [-0.4, -0.2) is 105 Å². The Morgan fingerprint density at radius 3 is 2.59 bits per heavy atom. The zero-order chi connectivity index (χ0) is 21.6. The number of aliphatic imine (C=N–C) groups is 1. The molecule has 9 nitrogen and oxygen atoms in total. The standard InChI is InChI=1S/C22H32N6O3.HI/c1-23-22(28-8-6-19(15-28)26-10-12-31-13-11-26)25-14-17-2-4-18(5-3-17)21(30)27-9-7-24-20(29)16-27;/h2-5,19H,6-16H2,1H3,(H,23,25)(H,24,29);1H. The number of piperazine rings is 1. The fourth-order valence-corrected chi connectivity index (χ4v) is 4.45. The van der Waals surface area contributed by atoms with E-state index in [0.717, 1.165) is 57.3 Å². The van der Waals surface area contributed by atoms with E-state index < -0.39 is 0 Å². The molecule has 0 saturated carbocycles. The first-order valence-corrected chi connectivity index (χ1v) is 11.1. The molecule has 0 aromatic heterocycles. The van der Waals surface area contributed by atoms with E-state index in [1.54, 1.807) is 4.90 Å². The third-order valence-electron chi connectivity index (χ3n) is 6.21. The van der Waals surface area contributed by atoms with Gasteiger partial charge in [0.2, 0.25) is 5.91 Å². The Balaban J connectivity index is 0.00000289. The first-order chi connectivity index (χ1) is 15.1. The van der Waals surface area contributed by atoms with Gasteiger partial charge >= 0.3 is 0 Å². The quantitative estimate of drug-likeness (QED) is 0.317. The number of guanidine groups is 1. The van der Waals surface area contributed by atoms with Crippen LogP contribution in [0.4, 0.5) is 0 Å². The highest BCUT2D eigenvalue weighted by Crippen LogP contribution is 2.17. The number of likely N-dealkylation sites (tertiary alicyclic amines) is 1. The van der Waals surface area contributed by atoms with Crippen LogP contribution in [0.3, 0.4) is 0 Å². The predicted octanol–water partition coefficient (Wildman–Crippen LogP) is 0.359. The number of morpholine rings is 1. The molecule has 0 bridgehead atoms. The fourth-order valence-electron chi connectivity index (χ4n) is 4.45. The number of nitrogens with zero attached hydrogens (tertiary/aromatic N) is 4. The topological polar surface area (TPSA) is 89.5 Å². The number of amides is 2. The van der Waals surface area contributed by atoms with Crippen LogP contribution in [0.2, 0.25) is 0 Å². The van der Waals surface area contributed by atoms with E-state index in [-0.39, 0.29) is 42.3 Å². The molecule has 1 aromatic carbocycles. The summed E-state index contributed by atoms with van der Waals surface area (Å²) < 4.78 is 5.47. The minimum absolute atomic E-state index is 0. The number of benzene rings is 1. The van der Waals surface area contributed by atoms with Gasteiger partial charge in [-0.25, -0.2) is 0 Å². The van der Waals surface area contributed by atoms with Crippen molar-refractivity contribution in [2.24, 2.45) is 4.99 Å². The van der Waals surface area contributed by atoms with Gasteiger partial charge in [-0.3, -0.25) is 19.5 Å². The van der Waals surface area contributed by atoms with Crippen molar-refractivity contribution >= 4 is 41.8 Å². The molecular weight excluding hydrogens is 523 g/mol. The van der Waals surface area contributed by atoms with E-state index in [1.807, 2.05) is 31.3 Å². The molecule has 3 aliphatic heterocycles. The second-order valence-corrected chi connectivity index (χ2v) is 8.21. The van der Waals surface area contributed by atoms with Gasteiger partial charge in [-0.2, -0.15) is 0 Å². The van der Waals surface area contributed by atoms with Crippen LogP contribution in [0.1, 0.15) is 22.3 Å². The number of carbonyl (C=O) groups excluding carboxylic acids is 2. The van der Waals surface area contributed by atoms with Crippen molar-refractivity contribution in [1.82, 2.24) is 25.3 Å². The van der Waals surface area contributed by atoms with E-state index in [0.29, 0.717) is 31.2 Å². The van der Waals surface area contributed by atoms with Crippen molar-refractivity contribution in [3.05, 3.63) is 35.4 Å². The summed E-state index contributed by atoms with van der Waals surface area (Å²) in [6.45, 7) is 7.48. The summed E-state index contributed by atoms with van der Waals surface area (Å²) in [7, 11) is 1.82. The summed E-state index contributed by atoms with van der Waals surface area (Å²) in [5.74, 6) is 0.705. The first-order valence-electron chi connectivity index (χ1n) is 11.1. The Hall–Kier alpha value is -1.92. The lowest BCUT2D eigenvalue weighted by Crippen LogP contribution is -2.49. The van der Waals surface area contributed by atoms with Crippen molar-refractivity contribution < 1.29 is 14.3 Å². The maximum absolute atomic E-state index is 12.6. The summed E-state index contributed by atoms with van der Waals surface area (Å²) in [6.07, 6.45) is 1.14. The molecule has 3 aliphatic rings. The van der Waals surface area contributed by atoms with Crippen molar-refractivity contribution in [3.63, 3.8) is 0 Å². The molecule has 32 heavy (non-hydrogen) atoms. The van der Waals surface area contributed by atoms with Crippen LogP contribution >= 0.6 is 24.0 Å². The van der Waals surface area contributed by atoms with Gasteiger partial charge in [0.1, 0.15) is 0 Å². The van der Waals surface area contributed by atoms with Crippen LogP contribution in [0.25, 0.3) is 0 Å². The molecule has 4 rings (SSSR count). The molecule has 10 heteroatoms. The zero-order valence-electron chi connectivity index (χ0n) is 18.6. The molecule has 3 saturated heterocycles. The van der Waals surface area contributed by atoms with E-state index in [9.17, 15) is 9.59 Å². The van der Waals surface area contributed by atoms with Crippen molar-refractivity contribution in [2.75, 3.05) is 66.1 Å². The van der Waals surface area contributed by atoms with Crippen LogP contribution in [0, 0.1) is 0 Å². The molecular formula is C22H33IN6O3. The Morgan fingerprint density at radius 1 is 1.16 bits per heavy atom. The second kappa shape index (κ2) is 11.8. The lowest BCUT2D eigenvalue weighted by atomic mass is 10.1. The number of ether oxygens (including phenoxy) is 1. The minimum atomic E-state index is -0.107. The molecule has 0 aliphatic carbocycles. The molecule has 2 amide bonds. The van der Waals surface area contributed by atoms with E-state index in [4.69, 9.17) is 4.74 Å². The largest absolute Gasteiger partial charge is 0.379 e. The van der Waals surface area contributed by atoms with Gasteiger partial charge in [-0.15, -0.1) is 24.0 Å². The highest BCUT2D eigenvalue weighted by Gasteiger charge is 2.30. The molecule has 3 heterocycles. The number of hydrogen-bond donors (Lipinski definition) is 2. The second-order valence-electron chi connectivity index (χ2n) is 8.21. The molecule has 3 fully saturated rings. The Labute approximate surface area is 206 Å². The van der Waals surface area contributed by atoms with Crippen LogP contribution in [-0.2, 0) is 16.1 Å². The fraction of sp³-hybridized carbons (Fsp3) is 0.591. The predicted molar refractivity (Wildman–Crippen MR) is 133 cm³/mol. The molecule has 2 N–H and O–H groups in total. The number of carbonyl (C=O) groups is 2. The van der Waals surface area contributed by atoms with Gasteiger partial charge in [0.25, 0.3) is 5.91 Å². The number of hydrogen-bond acceptors (Lipinski definition) is 5. The Morgan fingerprint density at radius 2 is 1.91 bits per heavy atom. The summed E-state index contributed by atoms with van der Waals surface area (Å²) in [5, 5.41) is 6.19. The Bertz CT molecular complexity index is 812. The molecule has 1 aromatic rings. The van der Waals surface area contributed by atoms with E-state index in [2.05, 4.69) is 25.4 Å².